The predicted molar refractivity (Wildman–Crippen MR) is 107 cm³/mol. The summed E-state index contributed by atoms with van der Waals surface area (Å²) < 4.78 is 1.97. The van der Waals surface area contributed by atoms with Gasteiger partial charge in [0.1, 0.15) is 0 Å². The van der Waals surface area contributed by atoms with Crippen molar-refractivity contribution in [3.8, 4) is 0 Å². The Morgan fingerprint density at radius 2 is 2.11 bits per heavy atom. The second kappa shape index (κ2) is 7.00. The minimum absolute atomic E-state index is 0.111. The van der Waals surface area contributed by atoms with Crippen LogP contribution in [-0.4, -0.2) is 43.9 Å². The van der Waals surface area contributed by atoms with E-state index in [0.29, 0.717) is 11.8 Å². The van der Waals surface area contributed by atoms with Crippen LogP contribution in [0.3, 0.4) is 0 Å². The Balaban J connectivity index is 1.33. The summed E-state index contributed by atoms with van der Waals surface area (Å²) in [4.78, 5) is 19.7. The van der Waals surface area contributed by atoms with Crippen molar-refractivity contribution in [3.63, 3.8) is 0 Å². The third-order valence-corrected chi connectivity index (χ3v) is 5.93. The van der Waals surface area contributed by atoms with Crippen LogP contribution in [0.25, 0.3) is 10.9 Å². The van der Waals surface area contributed by atoms with Gasteiger partial charge in [-0.1, -0.05) is 16.8 Å². The Morgan fingerprint density at radius 1 is 1.21 bits per heavy atom. The van der Waals surface area contributed by atoms with Gasteiger partial charge in [-0.05, 0) is 56.7 Å². The SMILES string of the molecule is Cc1ccc2nccc(C(=O)N3CCCC(Cn4cc(C5CC5)nn4)C3)c2c1. The zero-order valence-electron chi connectivity index (χ0n) is 16.2. The molecular formula is C22H25N5O. The van der Waals surface area contributed by atoms with E-state index in [0.717, 1.165) is 60.2 Å². The molecule has 1 aliphatic heterocycles. The van der Waals surface area contributed by atoms with Crippen molar-refractivity contribution in [1.82, 2.24) is 24.9 Å². The summed E-state index contributed by atoms with van der Waals surface area (Å²) in [6.07, 6.45) is 8.47. The highest BCUT2D eigenvalue weighted by Gasteiger charge is 2.28. The fraction of sp³-hybridized carbons (Fsp3) is 0.455. The molecule has 6 heteroatoms. The molecule has 3 heterocycles. The molecule has 0 N–H and O–H groups in total. The number of pyridine rings is 1. The number of rotatable bonds is 4. The first-order valence-corrected chi connectivity index (χ1v) is 10.2. The van der Waals surface area contributed by atoms with Gasteiger partial charge in [-0.3, -0.25) is 14.5 Å². The van der Waals surface area contributed by atoms with Crippen LogP contribution in [0.4, 0.5) is 0 Å². The topological polar surface area (TPSA) is 63.9 Å². The second-order valence-corrected chi connectivity index (χ2v) is 8.28. The van der Waals surface area contributed by atoms with Crippen LogP contribution in [0.2, 0.25) is 0 Å². The van der Waals surface area contributed by atoms with E-state index in [1.54, 1.807) is 6.20 Å². The first kappa shape index (κ1) is 17.3. The molecule has 1 saturated carbocycles. The number of hydrogen-bond acceptors (Lipinski definition) is 4. The number of nitrogens with zero attached hydrogens (tertiary/aromatic N) is 5. The van der Waals surface area contributed by atoms with E-state index in [1.807, 2.05) is 34.7 Å². The molecule has 2 aliphatic rings. The van der Waals surface area contributed by atoms with Crippen LogP contribution < -0.4 is 0 Å². The Labute approximate surface area is 164 Å². The maximum absolute atomic E-state index is 13.3. The van der Waals surface area contributed by atoms with Gasteiger partial charge in [0.25, 0.3) is 5.91 Å². The fourth-order valence-electron chi connectivity index (χ4n) is 4.25. The van der Waals surface area contributed by atoms with Crippen LogP contribution in [0.1, 0.15) is 53.2 Å². The molecule has 0 spiro atoms. The smallest absolute Gasteiger partial charge is 0.254 e. The van der Waals surface area contributed by atoms with Crippen LogP contribution in [-0.2, 0) is 6.54 Å². The molecule has 2 fully saturated rings. The number of carbonyl (C=O) groups is 1. The lowest BCUT2D eigenvalue weighted by Gasteiger charge is -2.33. The molecule has 5 rings (SSSR count). The number of hydrogen-bond donors (Lipinski definition) is 0. The average Bonchev–Trinajstić information content (AvgIpc) is 3.46. The van der Waals surface area contributed by atoms with E-state index >= 15 is 0 Å². The van der Waals surface area contributed by atoms with E-state index in [1.165, 1.54) is 12.8 Å². The summed E-state index contributed by atoms with van der Waals surface area (Å²) >= 11 is 0. The molecular weight excluding hydrogens is 350 g/mol. The Hall–Kier alpha value is -2.76. The molecule has 28 heavy (non-hydrogen) atoms. The summed E-state index contributed by atoms with van der Waals surface area (Å²) in [5.41, 5.74) is 3.90. The van der Waals surface area contributed by atoms with E-state index < -0.39 is 0 Å². The summed E-state index contributed by atoms with van der Waals surface area (Å²) in [5.74, 6) is 1.16. The highest BCUT2D eigenvalue weighted by molar-refractivity contribution is 6.06. The largest absolute Gasteiger partial charge is 0.338 e. The van der Waals surface area contributed by atoms with Gasteiger partial charge in [0.15, 0.2) is 0 Å². The maximum Gasteiger partial charge on any atom is 0.254 e. The second-order valence-electron chi connectivity index (χ2n) is 8.28. The predicted octanol–water partition coefficient (Wildman–Crippen LogP) is 3.56. The third-order valence-electron chi connectivity index (χ3n) is 5.93. The van der Waals surface area contributed by atoms with Crippen molar-refractivity contribution >= 4 is 16.8 Å². The third kappa shape index (κ3) is 3.39. The molecule has 1 amide bonds. The van der Waals surface area contributed by atoms with Crippen LogP contribution in [0.15, 0.2) is 36.7 Å². The summed E-state index contributed by atoms with van der Waals surface area (Å²) in [6.45, 7) is 4.47. The summed E-state index contributed by atoms with van der Waals surface area (Å²) in [6, 6.07) is 7.94. The number of amides is 1. The van der Waals surface area contributed by atoms with Gasteiger partial charge < -0.3 is 4.90 Å². The van der Waals surface area contributed by atoms with Crippen molar-refractivity contribution in [2.75, 3.05) is 13.1 Å². The summed E-state index contributed by atoms with van der Waals surface area (Å²) in [7, 11) is 0. The van der Waals surface area contributed by atoms with Gasteiger partial charge in [-0.25, -0.2) is 0 Å². The highest BCUT2D eigenvalue weighted by atomic mass is 16.2. The molecule has 1 aliphatic carbocycles. The van der Waals surface area contributed by atoms with Gasteiger partial charge in [-0.2, -0.15) is 0 Å². The highest BCUT2D eigenvalue weighted by Crippen LogP contribution is 2.38. The Kier molecular flexibility index (Phi) is 4.34. The number of carbonyl (C=O) groups excluding carboxylic acids is 1. The molecule has 1 unspecified atom stereocenters. The Bertz CT molecular complexity index is 1020. The van der Waals surface area contributed by atoms with Crippen LogP contribution >= 0.6 is 0 Å². The zero-order chi connectivity index (χ0) is 19.1. The van der Waals surface area contributed by atoms with Crippen molar-refractivity contribution in [2.45, 2.75) is 45.1 Å². The fourth-order valence-corrected chi connectivity index (χ4v) is 4.25. The number of likely N-dealkylation sites (tertiary alicyclic amines) is 1. The standard InChI is InChI=1S/C22H25N5O/c1-15-4-7-20-19(11-15)18(8-9-23-20)22(28)26-10-2-3-16(12-26)13-27-14-21(24-25-27)17-5-6-17/h4,7-9,11,14,16-17H,2-3,5-6,10,12-13H2,1H3. The zero-order valence-corrected chi connectivity index (χ0v) is 16.2. The maximum atomic E-state index is 13.3. The summed E-state index contributed by atoms with van der Waals surface area (Å²) in [5, 5.41) is 9.56. The molecule has 6 nitrogen and oxygen atoms in total. The van der Waals surface area contributed by atoms with Crippen molar-refractivity contribution in [3.05, 3.63) is 53.5 Å². The first-order valence-electron chi connectivity index (χ1n) is 10.2. The number of aryl methyl sites for hydroxylation is 1. The monoisotopic (exact) mass is 375 g/mol. The van der Waals surface area contributed by atoms with Crippen LogP contribution in [0, 0.1) is 12.8 Å². The lowest BCUT2D eigenvalue weighted by atomic mass is 9.96. The molecule has 1 saturated heterocycles. The molecule has 2 aromatic heterocycles. The lowest BCUT2D eigenvalue weighted by Crippen LogP contribution is -2.41. The van der Waals surface area contributed by atoms with Gasteiger partial charge >= 0.3 is 0 Å². The molecule has 144 valence electrons. The van der Waals surface area contributed by atoms with Crippen molar-refractivity contribution in [1.29, 1.82) is 0 Å². The normalized spacial score (nSPS) is 19.9. The quantitative estimate of drug-likeness (QED) is 0.699. The molecule has 0 radical (unpaired) electrons. The number of benzene rings is 1. The van der Waals surface area contributed by atoms with E-state index in [4.69, 9.17) is 0 Å². The number of aromatic nitrogens is 4. The minimum atomic E-state index is 0.111. The van der Waals surface area contributed by atoms with E-state index in [2.05, 4.69) is 27.6 Å². The lowest BCUT2D eigenvalue weighted by molar-refractivity contribution is 0.0661. The minimum Gasteiger partial charge on any atom is -0.338 e. The Morgan fingerprint density at radius 3 is 2.96 bits per heavy atom. The van der Waals surface area contributed by atoms with Gasteiger partial charge in [0.2, 0.25) is 0 Å². The van der Waals surface area contributed by atoms with E-state index in [9.17, 15) is 4.79 Å². The van der Waals surface area contributed by atoms with Gasteiger partial charge in [-0.15, -0.1) is 5.10 Å². The number of piperidine rings is 1. The molecule has 0 bridgehead atoms. The number of fused-ring (bicyclic) bond motifs is 1. The van der Waals surface area contributed by atoms with Gasteiger partial charge in [0, 0.05) is 43.3 Å². The molecule has 1 atom stereocenters. The van der Waals surface area contributed by atoms with Crippen LogP contribution in [0.5, 0.6) is 0 Å². The first-order chi connectivity index (χ1) is 13.7. The molecule has 3 aromatic rings. The van der Waals surface area contributed by atoms with Gasteiger partial charge in [0.05, 0.1) is 16.8 Å². The molecule has 1 aromatic carbocycles. The van der Waals surface area contributed by atoms with Crippen molar-refractivity contribution in [2.24, 2.45) is 5.92 Å². The van der Waals surface area contributed by atoms with E-state index in [-0.39, 0.29) is 5.91 Å². The average molecular weight is 375 g/mol. The van der Waals surface area contributed by atoms with Crippen molar-refractivity contribution < 1.29 is 4.79 Å².